The van der Waals surface area contributed by atoms with Gasteiger partial charge < -0.3 is 15.4 Å². The van der Waals surface area contributed by atoms with Gasteiger partial charge in [0.05, 0.1) is 24.6 Å². The van der Waals surface area contributed by atoms with E-state index in [-0.39, 0.29) is 17.6 Å². The number of rotatable bonds is 7. The summed E-state index contributed by atoms with van der Waals surface area (Å²) in [5, 5.41) is 5.83. The molecule has 0 atom stereocenters. The molecule has 3 rings (SSSR count). The molecular weight excluding hydrogens is 358 g/mol. The summed E-state index contributed by atoms with van der Waals surface area (Å²) in [6, 6.07) is 10.5. The van der Waals surface area contributed by atoms with Gasteiger partial charge in [0, 0.05) is 24.6 Å². The van der Waals surface area contributed by atoms with E-state index < -0.39 is 0 Å². The molecule has 0 saturated heterocycles. The summed E-state index contributed by atoms with van der Waals surface area (Å²) < 4.78 is 4.95. The third kappa shape index (κ3) is 5.10. The van der Waals surface area contributed by atoms with Crippen LogP contribution in [-0.2, 0) is 11.3 Å². The summed E-state index contributed by atoms with van der Waals surface area (Å²) in [5.74, 6) is -0.204. The summed E-state index contributed by atoms with van der Waals surface area (Å²) in [7, 11) is 0. The molecule has 8 nitrogen and oxygen atoms in total. The van der Waals surface area contributed by atoms with E-state index in [0.717, 1.165) is 11.3 Å². The van der Waals surface area contributed by atoms with Crippen LogP contribution in [0.3, 0.4) is 0 Å². The molecule has 0 aliphatic rings. The van der Waals surface area contributed by atoms with E-state index in [2.05, 4.69) is 25.6 Å². The molecule has 142 valence electrons. The van der Waals surface area contributed by atoms with Gasteiger partial charge in [0.25, 0.3) is 5.91 Å². The Kier molecular flexibility index (Phi) is 6.25. The Bertz CT molecular complexity index is 928. The SMILES string of the molecule is CCOC(=O)c1ccc(Nc2cnc(C(=O)NCc3cccnc3)cn2)cc1. The number of benzene rings is 1. The fourth-order valence-electron chi connectivity index (χ4n) is 2.34. The first kappa shape index (κ1) is 19.0. The van der Waals surface area contributed by atoms with Gasteiger partial charge in [0.15, 0.2) is 0 Å². The van der Waals surface area contributed by atoms with Crippen LogP contribution in [0.25, 0.3) is 0 Å². The predicted molar refractivity (Wildman–Crippen MR) is 103 cm³/mol. The first-order valence-electron chi connectivity index (χ1n) is 8.69. The number of carbonyl (C=O) groups is 2. The summed E-state index contributed by atoms with van der Waals surface area (Å²) in [4.78, 5) is 36.1. The third-order valence-corrected chi connectivity index (χ3v) is 3.73. The molecule has 0 bridgehead atoms. The highest BCUT2D eigenvalue weighted by Gasteiger charge is 2.09. The van der Waals surface area contributed by atoms with Crippen LogP contribution >= 0.6 is 0 Å². The molecule has 2 N–H and O–H groups in total. The van der Waals surface area contributed by atoms with Crippen molar-refractivity contribution in [3.63, 3.8) is 0 Å². The Morgan fingerprint density at radius 3 is 2.50 bits per heavy atom. The van der Waals surface area contributed by atoms with Crippen molar-refractivity contribution >= 4 is 23.4 Å². The van der Waals surface area contributed by atoms with Crippen molar-refractivity contribution in [2.45, 2.75) is 13.5 Å². The average Bonchev–Trinajstić information content (AvgIpc) is 2.74. The fourth-order valence-corrected chi connectivity index (χ4v) is 2.34. The number of hydrogen-bond acceptors (Lipinski definition) is 7. The third-order valence-electron chi connectivity index (χ3n) is 3.73. The maximum atomic E-state index is 12.1. The number of hydrogen-bond donors (Lipinski definition) is 2. The minimum atomic E-state index is -0.365. The number of anilines is 2. The van der Waals surface area contributed by atoms with Gasteiger partial charge in [0.1, 0.15) is 11.5 Å². The largest absolute Gasteiger partial charge is 0.462 e. The van der Waals surface area contributed by atoms with Crippen LogP contribution in [0.15, 0.2) is 61.2 Å². The van der Waals surface area contributed by atoms with Gasteiger partial charge in [0.2, 0.25) is 0 Å². The zero-order chi connectivity index (χ0) is 19.8. The molecule has 2 heterocycles. The maximum absolute atomic E-state index is 12.1. The van der Waals surface area contributed by atoms with Gasteiger partial charge >= 0.3 is 5.97 Å². The molecule has 1 aromatic carbocycles. The zero-order valence-electron chi connectivity index (χ0n) is 15.3. The lowest BCUT2D eigenvalue weighted by molar-refractivity contribution is 0.0526. The number of ether oxygens (including phenoxy) is 1. The van der Waals surface area contributed by atoms with E-state index in [1.807, 2.05) is 6.07 Å². The summed E-state index contributed by atoms with van der Waals surface area (Å²) >= 11 is 0. The van der Waals surface area contributed by atoms with Crippen molar-refractivity contribution < 1.29 is 14.3 Å². The van der Waals surface area contributed by atoms with E-state index in [9.17, 15) is 9.59 Å². The Labute approximate surface area is 162 Å². The number of amides is 1. The zero-order valence-corrected chi connectivity index (χ0v) is 15.3. The molecule has 0 fully saturated rings. The van der Waals surface area contributed by atoms with E-state index in [0.29, 0.717) is 24.5 Å². The van der Waals surface area contributed by atoms with Crippen molar-refractivity contribution in [2.75, 3.05) is 11.9 Å². The number of pyridine rings is 1. The fraction of sp³-hybridized carbons (Fsp3) is 0.150. The van der Waals surface area contributed by atoms with Gasteiger partial charge in [-0.15, -0.1) is 0 Å². The number of esters is 1. The monoisotopic (exact) mass is 377 g/mol. The summed E-state index contributed by atoms with van der Waals surface area (Å²) in [6.45, 7) is 2.45. The molecule has 28 heavy (non-hydrogen) atoms. The molecular formula is C20H19N5O3. The van der Waals surface area contributed by atoms with E-state index in [1.54, 1.807) is 49.6 Å². The maximum Gasteiger partial charge on any atom is 0.338 e. The highest BCUT2D eigenvalue weighted by atomic mass is 16.5. The smallest absolute Gasteiger partial charge is 0.338 e. The predicted octanol–water partition coefficient (Wildman–Crippen LogP) is 2.72. The molecule has 8 heteroatoms. The molecule has 0 unspecified atom stereocenters. The van der Waals surface area contributed by atoms with Crippen molar-refractivity contribution in [3.05, 3.63) is 78.0 Å². The average molecular weight is 377 g/mol. The molecule has 0 aliphatic heterocycles. The first-order chi connectivity index (χ1) is 13.7. The van der Waals surface area contributed by atoms with Crippen molar-refractivity contribution in [1.29, 1.82) is 0 Å². The van der Waals surface area contributed by atoms with Crippen molar-refractivity contribution in [2.24, 2.45) is 0 Å². The minimum absolute atomic E-state index is 0.215. The molecule has 0 aliphatic carbocycles. The van der Waals surface area contributed by atoms with Gasteiger partial charge in [-0.25, -0.2) is 14.8 Å². The van der Waals surface area contributed by atoms with Gasteiger partial charge in [-0.3, -0.25) is 9.78 Å². The van der Waals surface area contributed by atoms with E-state index >= 15 is 0 Å². The van der Waals surface area contributed by atoms with Crippen LogP contribution in [0, 0.1) is 0 Å². The topological polar surface area (TPSA) is 106 Å². The second kappa shape index (κ2) is 9.22. The Morgan fingerprint density at radius 2 is 1.86 bits per heavy atom. The lowest BCUT2D eigenvalue weighted by atomic mass is 10.2. The molecule has 0 spiro atoms. The lowest BCUT2D eigenvalue weighted by Crippen LogP contribution is -2.24. The van der Waals surface area contributed by atoms with E-state index in [4.69, 9.17) is 4.74 Å². The lowest BCUT2D eigenvalue weighted by Gasteiger charge is -2.08. The van der Waals surface area contributed by atoms with Gasteiger partial charge in [-0.1, -0.05) is 6.07 Å². The molecule has 0 saturated carbocycles. The minimum Gasteiger partial charge on any atom is -0.462 e. The van der Waals surface area contributed by atoms with Gasteiger partial charge in [-0.2, -0.15) is 0 Å². The van der Waals surface area contributed by atoms with Crippen molar-refractivity contribution in [3.8, 4) is 0 Å². The number of nitrogens with one attached hydrogen (secondary N) is 2. The normalized spacial score (nSPS) is 10.2. The molecule has 2 aromatic heterocycles. The van der Waals surface area contributed by atoms with Crippen LogP contribution in [0.5, 0.6) is 0 Å². The highest BCUT2D eigenvalue weighted by molar-refractivity contribution is 5.92. The van der Waals surface area contributed by atoms with Crippen LogP contribution in [-0.4, -0.2) is 33.4 Å². The Morgan fingerprint density at radius 1 is 1.04 bits per heavy atom. The Balaban J connectivity index is 1.56. The number of carbonyl (C=O) groups excluding carboxylic acids is 2. The summed E-state index contributed by atoms with van der Waals surface area (Å²) in [6.07, 6.45) is 6.23. The van der Waals surface area contributed by atoms with E-state index in [1.165, 1.54) is 12.4 Å². The second-order valence-electron chi connectivity index (χ2n) is 5.75. The highest BCUT2D eigenvalue weighted by Crippen LogP contribution is 2.15. The first-order valence-corrected chi connectivity index (χ1v) is 8.69. The number of nitrogens with zero attached hydrogens (tertiary/aromatic N) is 3. The summed E-state index contributed by atoms with van der Waals surface area (Å²) in [5.41, 5.74) is 2.32. The van der Waals surface area contributed by atoms with Crippen LogP contribution < -0.4 is 10.6 Å². The molecule has 0 radical (unpaired) electrons. The molecule has 3 aromatic rings. The Hall–Kier alpha value is -3.81. The molecule has 1 amide bonds. The standard InChI is InChI=1S/C20H19N5O3/c1-2-28-20(27)15-5-7-16(8-6-15)25-18-13-22-17(12-23-18)19(26)24-11-14-4-3-9-21-10-14/h3-10,12-13H,2,11H2,1H3,(H,23,25)(H,24,26). The van der Waals surface area contributed by atoms with Crippen LogP contribution in [0.4, 0.5) is 11.5 Å². The quantitative estimate of drug-likeness (QED) is 0.610. The van der Waals surface area contributed by atoms with Gasteiger partial charge in [-0.05, 0) is 42.8 Å². The second-order valence-corrected chi connectivity index (χ2v) is 5.75. The van der Waals surface area contributed by atoms with Crippen LogP contribution in [0.2, 0.25) is 0 Å². The van der Waals surface area contributed by atoms with Crippen molar-refractivity contribution in [1.82, 2.24) is 20.3 Å². The van der Waals surface area contributed by atoms with Crippen LogP contribution in [0.1, 0.15) is 33.3 Å². The number of aromatic nitrogens is 3.